The number of hydrogen-bond donors (Lipinski definition) is 1. The van der Waals surface area contributed by atoms with Crippen LogP contribution in [-0.2, 0) is 9.53 Å². The number of carbonyl (C=O) groups is 2. The highest BCUT2D eigenvalue weighted by Crippen LogP contribution is 2.12. The largest absolute Gasteiger partial charge is 0.469 e. The van der Waals surface area contributed by atoms with Crippen molar-refractivity contribution in [2.45, 2.75) is 27.2 Å². The predicted molar refractivity (Wildman–Crippen MR) is 83.7 cm³/mol. The van der Waals surface area contributed by atoms with Crippen LogP contribution in [0.3, 0.4) is 0 Å². The van der Waals surface area contributed by atoms with Crippen LogP contribution in [0.15, 0.2) is 16.7 Å². The highest BCUT2D eigenvalue weighted by molar-refractivity contribution is 5.95. The quantitative estimate of drug-likeness (QED) is 0.755. The Morgan fingerprint density at radius 2 is 2.09 bits per heavy atom. The Kier molecular flexibility index (Phi) is 7.66. The van der Waals surface area contributed by atoms with Gasteiger partial charge in [-0.3, -0.25) is 9.59 Å². The number of hydrogen-bond acceptors (Lipinski definition) is 4. The Hall–Kier alpha value is -1.82. The second-order valence-corrected chi connectivity index (χ2v) is 5.62. The highest BCUT2D eigenvalue weighted by Gasteiger charge is 2.20. The average Bonchev–Trinajstić information content (AvgIpc) is 2.90. The van der Waals surface area contributed by atoms with E-state index in [-0.39, 0.29) is 18.2 Å². The summed E-state index contributed by atoms with van der Waals surface area (Å²) in [4.78, 5) is 25.9. The molecule has 0 unspecified atom stereocenters. The van der Waals surface area contributed by atoms with Gasteiger partial charge in [0.25, 0.3) is 5.91 Å². The van der Waals surface area contributed by atoms with Crippen molar-refractivity contribution in [3.05, 3.63) is 23.7 Å². The molecule has 0 radical (unpaired) electrons. The van der Waals surface area contributed by atoms with Crippen LogP contribution < -0.4 is 5.32 Å². The number of rotatable bonds is 9. The second-order valence-electron chi connectivity index (χ2n) is 5.62. The van der Waals surface area contributed by atoms with Gasteiger partial charge >= 0.3 is 0 Å². The summed E-state index contributed by atoms with van der Waals surface area (Å²) >= 11 is 0. The molecule has 22 heavy (non-hydrogen) atoms. The molecule has 1 rings (SSSR count). The molecule has 1 aromatic heterocycles. The Labute approximate surface area is 131 Å². The molecule has 0 aromatic carbocycles. The van der Waals surface area contributed by atoms with Crippen LogP contribution in [0.5, 0.6) is 0 Å². The van der Waals surface area contributed by atoms with Gasteiger partial charge in [0.2, 0.25) is 5.91 Å². The standard InChI is InChI=1S/C16H26N2O4/c1-12(2)11-17-15(19)5-7-18(8-10-21-4)16(20)14-6-9-22-13(14)3/h6,9,12H,5,7-8,10-11H2,1-4H3,(H,17,19). The van der Waals surface area contributed by atoms with E-state index in [2.05, 4.69) is 5.32 Å². The molecule has 0 saturated carbocycles. The van der Waals surface area contributed by atoms with Crippen molar-refractivity contribution in [1.82, 2.24) is 10.2 Å². The maximum Gasteiger partial charge on any atom is 0.257 e. The van der Waals surface area contributed by atoms with Crippen molar-refractivity contribution in [1.29, 1.82) is 0 Å². The monoisotopic (exact) mass is 310 g/mol. The van der Waals surface area contributed by atoms with Gasteiger partial charge in [-0.2, -0.15) is 0 Å². The van der Waals surface area contributed by atoms with Crippen LogP contribution in [0, 0.1) is 12.8 Å². The molecule has 0 fully saturated rings. The normalized spacial score (nSPS) is 10.8. The number of carbonyl (C=O) groups excluding carboxylic acids is 2. The Balaban J connectivity index is 2.59. The summed E-state index contributed by atoms with van der Waals surface area (Å²) in [6.07, 6.45) is 1.77. The summed E-state index contributed by atoms with van der Waals surface area (Å²) < 4.78 is 10.2. The van der Waals surface area contributed by atoms with Gasteiger partial charge in [0.05, 0.1) is 18.4 Å². The van der Waals surface area contributed by atoms with E-state index in [0.717, 1.165) is 0 Å². The smallest absolute Gasteiger partial charge is 0.257 e. The molecule has 0 atom stereocenters. The zero-order valence-corrected chi connectivity index (χ0v) is 13.8. The van der Waals surface area contributed by atoms with Crippen LogP contribution in [0.1, 0.15) is 36.4 Å². The summed E-state index contributed by atoms with van der Waals surface area (Å²) in [6.45, 7) is 7.69. The number of nitrogens with one attached hydrogen (secondary N) is 1. The van der Waals surface area contributed by atoms with E-state index < -0.39 is 0 Å². The van der Waals surface area contributed by atoms with E-state index in [9.17, 15) is 9.59 Å². The summed E-state index contributed by atoms with van der Waals surface area (Å²) in [5.41, 5.74) is 0.527. The number of aryl methyl sites for hydroxylation is 1. The lowest BCUT2D eigenvalue weighted by atomic mass is 10.2. The Morgan fingerprint density at radius 1 is 1.36 bits per heavy atom. The zero-order chi connectivity index (χ0) is 16.5. The molecule has 0 aliphatic carbocycles. The van der Waals surface area contributed by atoms with E-state index in [1.165, 1.54) is 6.26 Å². The number of methoxy groups -OCH3 is 1. The Morgan fingerprint density at radius 3 is 2.64 bits per heavy atom. The maximum absolute atomic E-state index is 12.5. The van der Waals surface area contributed by atoms with Crippen LogP contribution >= 0.6 is 0 Å². The summed E-state index contributed by atoms with van der Waals surface area (Å²) in [7, 11) is 1.58. The van der Waals surface area contributed by atoms with Gasteiger partial charge < -0.3 is 19.4 Å². The summed E-state index contributed by atoms with van der Waals surface area (Å²) in [5.74, 6) is 0.799. The Bertz CT molecular complexity index is 482. The third kappa shape index (κ3) is 5.89. The van der Waals surface area contributed by atoms with Gasteiger partial charge in [0.1, 0.15) is 5.76 Å². The topological polar surface area (TPSA) is 71.8 Å². The molecule has 0 saturated heterocycles. The maximum atomic E-state index is 12.5. The lowest BCUT2D eigenvalue weighted by Crippen LogP contribution is -2.38. The molecule has 1 N–H and O–H groups in total. The summed E-state index contributed by atoms with van der Waals surface area (Å²) in [6, 6.07) is 1.65. The van der Waals surface area contributed by atoms with Gasteiger partial charge in [-0.25, -0.2) is 0 Å². The summed E-state index contributed by atoms with van der Waals surface area (Å²) in [5, 5.41) is 2.85. The van der Waals surface area contributed by atoms with E-state index in [1.54, 1.807) is 25.0 Å². The van der Waals surface area contributed by atoms with Gasteiger partial charge in [0.15, 0.2) is 0 Å². The fourth-order valence-corrected chi connectivity index (χ4v) is 1.94. The van der Waals surface area contributed by atoms with Crippen molar-refractivity contribution < 1.29 is 18.7 Å². The zero-order valence-electron chi connectivity index (χ0n) is 13.8. The number of nitrogens with zero attached hydrogens (tertiary/aromatic N) is 1. The first-order valence-corrected chi connectivity index (χ1v) is 7.54. The molecule has 0 spiro atoms. The number of ether oxygens (including phenoxy) is 1. The van der Waals surface area contributed by atoms with Crippen molar-refractivity contribution in [3.63, 3.8) is 0 Å². The molecule has 124 valence electrons. The van der Waals surface area contributed by atoms with Gasteiger partial charge in [-0.15, -0.1) is 0 Å². The van der Waals surface area contributed by atoms with E-state index in [4.69, 9.17) is 9.15 Å². The van der Waals surface area contributed by atoms with Crippen molar-refractivity contribution in [2.75, 3.05) is 33.4 Å². The minimum Gasteiger partial charge on any atom is -0.469 e. The molecule has 0 bridgehead atoms. The van der Waals surface area contributed by atoms with E-state index in [0.29, 0.717) is 43.5 Å². The number of furan rings is 1. The van der Waals surface area contributed by atoms with Crippen LogP contribution in [-0.4, -0.2) is 50.1 Å². The van der Waals surface area contributed by atoms with E-state index in [1.807, 2.05) is 13.8 Å². The first kappa shape index (κ1) is 18.2. The average molecular weight is 310 g/mol. The molecular weight excluding hydrogens is 284 g/mol. The van der Waals surface area contributed by atoms with Gasteiger partial charge in [-0.05, 0) is 18.9 Å². The van der Waals surface area contributed by atoms with Gasteiger partial charge in [-0.1, -0.05) is 13.8 Å². The van der Waals surface area contributed by atoms with Crippen molar-refractivity contribution in [2.24, 2.45) is 5.92 Å². The molecule has 6 nitrogen and oxygen atoms in total. The van der Waals surface area contributed by atoms with Crippen LogP contribution in [0.25, 0.3) is 0 Å². The molecule has 1 aromatic rings. The molecule has 6 heteroatoms. The van der Waals surface area contributed by atoms with Crippen LogP contribution in [0.2, 0.25) is 0 Å². The molecule has 2 amide bonds. The van der Waals surface area contributed by atoms with Crippen molar-refractivity contribution in [3.8, 4) is 0 Å². The highest BCUT2D eigenvalue weighted by atomic mass is 16.5. The fraction of sp³-hybridized carbons (Fsp3) is 0.625. The van der Waals surface area contributed by atoms with Crippen LogP contribution in [0.4, 0.5) is 0 Å². The number of amides is 2. The fourth-order valence-electron chi connectivity index (χ4n) is 1.94. The third-order valence-electron chi connectivity index (χ3n) is 3.26. The minimum atomic E-state index is -0.139. The third-order valence-corrected chi connectivity index (χ3v) is 3.26. The van der Waals surface area contributed by atoms with Crippen molar-refractivity contribution >= 4 is 11.8 Å². The SMILES string of the molecule is COCCN(CCC(=O)NCC(C)C)C(=O)c1ccoc1C. The van der Waals surface area contributed by atoms with E-state index >= 15 is 0 Å². The molecule has 0 aliphatic heterocycles. The predicted octanol–water partition coefficient (Wildman–Crippen LogP) is 1.84. The molecular formula is C16H26N2O4. The first-order chi connectivity index (χ1) is 10.5. The minimum absolute atomic E-state index is 0.0483. The first-order valence-electron chi connectivity index (χ1n) is 7.54. The second kappa shape index (κ2) is 9.25. The molecule has 1 heterocycles. The lowest BCUT2D eigenvalue weighted by molar-refractivity contribution is -0.121. The lowest BCUT2D eigenvalue weighted by Gasteiger charge is -2.22. The molecule has 0 aliphatic rings. The van der Waals surface area contributed by atoms with Gasteiger partial charge in [0, 0.05) is 33.2 Å².